The van der Waals surface area contributed by atoms with E-state index < -0.39 is 11.8 Å². The molecule has 5 atom stereocenters. The number of hydrogen-bond donors (Lipinski definition) is 1. The number of likely N-dealkylation sites (N-methyl/N-ethyl adjacent to an activating group) is 1. The van der Waals surface area contributed by atoms with Gasteiger partial charge in [-0.1, -0.05) is 36.4 Å². The van der Waals surface area contributed by atoms with Crippen molar-refractivity contribution in [3.63, 3.8) is 0 Å². The molecule has 0 unspecified atom stereocenters. The van der Waals surface area contributed by atoms with Crippen LogP contribution in [0.3, 0.4) is 0 Å². The molecule has 2 aromatic rings. The van der Waals surface area contributed by atoms with Gasteiger partial charge in [0.15, 0.2) is 11.5 Å². The molecule has 1 saturated heterocycles. The van der Waals surface area contributed by atoms with E-state index in [0.717, 1.165) is 36.9 Å². The number of carbonyl (C=O) groups excluding carboxylic acids is 1. The Morgan fingerprint density at radius 2 is 2.03 bits per heavy atom. The normalized spacial score (nSPS) is 34.4. The van der Waals surface area contributed by atoms with Crippen molar-refractivity contribution in [3.8, 4) is 11.5 Å². The fourth-order valence-electron chi connectivity index (χ4n) is 6.90. The highest BCUT2D eigenvalue weighted by molar-refractivity contribution is 5.69. The number of hydrogen-bond acceptors (Lipinski definition) is 6. The molecule has 1 saturated carbocycles. The lowest BCUT2D eigenvalue weighted by Gasteiger charge is -2.60. The van der Waals surface area contributed by atoms with E-state index in [4.69, 9.17) is 14.2 Å². The second-order valence-corrected chi connectivity index (χ2v) is 10.1. The van der Waals surface area contributed by atoms with Gasteiger partial charge >= 0.3 is 6.16 Å². The molecule has 6 rings (SSSR count). The number of nitrogens with zero attached hydrogens (tertiary/aromatic N) is 1. The monoisotopic (exact) mass is 435 g/mol. The molecular formula is C26H29NO5. The summed E-state index contributed by atoms with van der Waals surface area (Å²) in [7, 11) is 2.21. The van der Waals surface area contributed by atoms with Crippen LogP contribution >= 0.6 is 0 Å². The maximum atomic E-state index is 12.5. The smallest absolute Gasteiger partial charge is 0.482 e. The third kappa shape index (κ3) is 2.75. The van der Waals surface area contributed by atoms with Gasteiger partial charge in [0.1, 0.15) is 12.7 Å². The van der Waals surface area contributed by atoms with Crippen molar-refractivity contribution in [1.82, 2.24) is 4.90 Å². The number of carbonyl (C=O) groups is 1. The summed E-state index contributed by atoms with van der Waals surface area (Å²) >= 11 is 0. The van der Waals surface area contributed by atoms with E-state index in [0.29, 0.717) is 29.9 Å². The summed E-state index contributed by atoms with van der Waals surface area (Å²) in [6.45, 7) is 3.02. The third-order valence-electron chi connectivity index (χ3n) is 8.30. The Balaban J connectivity index is 1.35. The Hall–Kier alpha value is -2.57. The zero-order valence-corrected chi connectivity index (χ0v) is 18.5. The Morgan fingerprint density at radius 1 is 1.22 bits per heavy atom. The highest BCUT2D eigenvalue weighted by Crippen LogP contribution is 2.65. The van der Waals surface area contributed by atoms with Gasteiger partial charge in [-0.25, -0.2) is 4.79 Å². The van der Waals surface area contributed by atoms with Crippen LogP contribution in [0.4, 0.5) is 4.79 Å². The molecule has 2 aliphatic heterocycles. The molecule has 32 heavy (non-hydrogen) atoms. The van der Waals surface area contributed by atoms with Crippen molar-refractivity contribution < 1.29 is 24.1 Å². The van der Waals surface area contributed by atoms with Gasteiger partial charge in [0.05, 0.1) is 5.60 Å². The first-order chi connectivity index (χ1) is 15.4. The van der Waals surface area contributed by atoms with E-state index in [2.05, 4.69) is 18.0 Å². The zero-order valence-electron chi connectivity index (χ0n) is 18.5. The van der Waals surface area contributed by atoms with Gasteiger partial charge in [-0.3, -0.25) is 0 Å². The molecule has 2 aliphatic carbocycles. The number of ether oxygens (including phenoxy) is 3. The Labute approximate surface area is 188 Å². The number of rotatable bonds is 3. The van der Waals surface area contributed by atoms with Crippen molar-refractivity contribution in [2.24, 2.45) is 5.92 Å². The largest absolute Gasteiger partial charge is 0.514 e. The predicted molar refractivity (Wildman–Crippen MR) is 118 cm³/mol. The summed E-state index contributed by atoms with van der Waals surface area (Å²) in [4.78, 5) is 15.0. The van der Waals surface area contributed by atoms with Gasteiger partial charge in [0, 0.05) is 17.0 Å². The molecule has 4 aliphatic rings. The van der Waals surface area contributed by atoms with Crippen molar-refractivity contribution in [2.75, 3.05) is 13.6 Å². The Morgan fingerprint density at radius 3 is 2.84 bits per heavy atom. The minimum atomic E-state index is -0.921. The van der Waals surface area contributed by atoms with Crippen LogP contribution in [0, 0.1) is 5.92 Å². The maximum absolute atomic E-state index is 12.5. The molecule has 6 nitrogen and oxygen atoms in total. The molecule has 2 aromatic carbocycles. The second kappa shape index (κ2) is 6.96. The van der Waals surface area contributed by atoms with E-state index in [-0.39, 0.29) is 18.1 Å². The van der Waals surface area contributed by atoms with Crippen molar-refractivity contribution >= 4 is 6.16 Å². The average Bonchev–Trinajstić information content (AvgIpc) is 3.14. The van der Waals surface area contributed by atoms with Crippen molar-refractivity contribution in [3.05, 3.63) is 59.2 Å². The van der Waals surface area contributed by atoms with Crippen LogP contribution in [0.5, 0.6) is 11.5 Å². The van der Waals surface area contributed by atoms with Gasteiger partial charge in [-0.2, -0.15) is 0 Å². The molecular weight excluding hydrogens is 406 g/mol. The van der Waals surface area contributed by atoms with Crippen LogP contribution in [-0.2, 0) is 23.2 Å². The number of likely N-dealkylation sites (tertiary alicyclic amines) is 1. The second-order valence-electron chi connectivity index (χ2n) is 10.1. The number of aliphatic hydroxyl groups is 1. The van der Waals surface area contributed by atoms with Gasteiger partial charge in [0.2, 0.25) is 0 Å². The molecule has 1 N–H and O–H groups in total. The van der Waals surface area contributed by atoms with Gasteiger partial charge in [0.25, 0.3) is 0 Å². The average molecular weight is 436 g/mol. The lowest BCUT2D eigenvalue weighted by atomic mass is 9.49. The molecule has 2 fully saturated rings. The molecule has 1 spiro atoms. The quantitative estimate of drug-likeness (QED) is 0.584. The first kappa shape index (κ1) is 20.1. The highest BCUT2D eigenvalue weighted by atomic mass is 16.7. The van der Waals surface area contributed by atoms with E-state index in [1.54, 1.807) is 0 Å². The summed E-state index contributed by atoms with van der Waals surface area (Å²) in [6.07, 6.45) is 2.51. The van der Waals surface area contributed by atoms with E-state index in [9.17, 15) is 9.90 Å². The molecule has 2 bridgehead atoms. The topological polar surface area (TPSA) is 68.2 Å². The van der Waals surface area contributed by atoms with Crippen LogP contribution in [0.25, 0.3) is 0 Å². The number of piperidine rings is 1. The third-order valence-corrected chi connectivity index (χ3v) is 8.30. The van der Waals surface area contributed by atoms with Crippen molar-refractivity contribution in [1.29, 1.82) is 0 Å². The van der Waals surface area contributed by atoms with Crippen LogP contribution in [0.1, 0.15) is 42.9 Å². The summed E-state index contributed by atoms with van der Waals surface area (Å²) in [5.74, 6) is 1.44. The SMILES string of the molecule is CN1CC[C@]23c4c5ccc(OC(=O)OCc6ccccc6)c4O[C@H]2[C@@](C)(O)CC[C@H]3[C@H]1C5. The summed E-state index contributed by atoms with van der Waals surface area (Å²) < 4.78 is 17.5. The van der Waals surface area contributed by atoms with Crippen LogP contribution in [0.2, 0.25) is 0 Å². The molecule has 168 valence electrons. The van der Waals surface area contributed by atoms with E-state index in [1.165, 1.54) is 5.56 Å². The summed E-state index contributed by atoms with van der Waals surface area (Å²) in [6, 6.07) is 13.9. The minimum Gasteiger partial charge on any atom is -0.482 e. The number of benzene rings is 2. The minimum absolute atomic E-state index is 0.151. The standard InChI is InChI=1S/C26H29NO5/c1-25(29)11-10-18-19-14-17-8-9-20(31-24(28)30-15-16-6-4-3-5-7-16)22-21(17)26(18,23(25)32-22)12-13-27(19)2/h3-9,18-19,23,29H,10-15H2,1-2H3/t18-,19+,23-,25-,26-/m0/s1. The molecule has 2 heterocycles. The fourth-order valence-corrected chi connectivity index (χ4v) is 6.90. The van der Waals surface area contributed by atoms with Gasteiger partial charge in [-0.05, 0) is 69.3 Å². The fraction of sp³-hybridized carbons (Fsp3) is 0.500. The van der Waals surface area contributed by atoms with E-state index >= 15 is 0 Å². The predicted octanol–water partition coefficient (Wildman–Crippen LogP) is 3.82. The first-order valence-electron chi connectivity index (χ1n) is 11.5. The van der Waals surface area contributed by atoms with Crippen LogP contribution in [0.15, 0.2) is 42.5 Å². The molecule has 0 amide bonds. The highest BCUT2D eigenvalue weighted by Gasteiger charge is 2.68. The maximum Gasteiger partial charge on any atom is 0.514 e. The van der Waals surface area contributed by atoms with Gasteiger partial charge < -0.3 is 24.2 Å². The summed E-state index contributed by atoms with van der Waals surface area (Å²) in [5, 5.41) is 11.3. The summed E-state index contributed by atoms with van der Waals surface area (Å²) in [5.41, 5.74) is 2.16. The van der Waals surface area contributed by atoms with Crippen molar-refractivity contribution in [2.45, 2.75) is 62.4 Å². The van der Waals surface area contributed by atoms with E-state index in [1.807, 2.05) is 43.3 Å². The lowest BCUT2D eigenvalue weighted by molar-refractivity contribution is -0.148. The van der Waals surface area contributed by atoms with Crippen LogP contribution in [-0.4, -0.2) is 47.5 Å². The zero-order chi connectivity index (χ0) is 22.1. The van der Waals surface area contributed by atoms with Gasteiger partial charge in [-0.15, -0.1) is 0 Å². The first-order valence-corrected chi connectivity index (χ1v) is 11.5. The Bertz CT molecular complexity index is 1070. The lowest BCUT2D eigenvalue weighted by Crippen LogP contribution is -2.69. The van der Waals surface area contributed by atoms with Crippen LogP contribution < -0.4 is 9.47 Å². The Kier molecular flexibility index (Phi) is 4.37. The molecule has 6 heteroatoms. The molecule has 0 radical (unpaired) electrons. The molecule has 0 aromatic heterocycles.